The summed E-state index contributed by atoms with van der Waals surface area (Å²) in [4.78, 5) is 15.8. The highest BCUT2D eigenvalue weighted by Gasteiger charge is 2.25. The number of carbonyl (C=O) groups excluding carboxylic acids is 1. The predicted octanol–water partition coefficient (Wildman–Crippen LogP) is 4.09. The average molecular weight is 321 g/mol. The Hall–Kier alpha value is -1.82. The van der Waals surface area contributed by atoms with Gasteiger partial charge < -0.3 is 15.8 Å². The molecule has 0 aliphatic rings. The zero-order valence-electron chi connectivity index (χ0n) is 13.9. The van der Waals surface area contributed by atoms with E-state index in [1.54, 1.807) is 7.11 Å². The molecule has 1 heterocycles. The van der Waals surface area contributed by atoms with Gasteiger partial charge in [-0.25, -0.2) is 4.98 Å². The number of aromatic nitrogens is 1. The van der Waals surface area contributed by atoms with E-state index in [1.165, 1.54) is 18.3 Å². The second-order valence-electron chi connectivity index (χ2n) is 5.96. The van der Waals surface area contributed by atoms with E-state index in [-0.39, 0.29) is 17.7 Å². The summed E-state index contributed by atoms with van der Waals surface area (Å²) in [5, 5.41) is 3.31. The molecule has 3 N–H and O–H groups in total. The number of nitrogens with two attached hydrogens (primary N) is 1. The molecule has 0 aliphatic carbocycles. The number of benzene rings is 1. The number of hydrogen-bond acceptors (Lipinski definition) is 5. The molecule has 6 heteroatoms. The number of methoxy groups -OCH3 is 1. The van der Waals surface area contributed by atoms with Crippen LogP contribution in [0.1, 0.15) is 57.6 Å². The van der Waals surface area contributed by atoms with Gasteiger partial charge in [-0.15, -0.1) is 0 Å². The van der Waals surface area contributed by atoms with Crippen molar-refractivity contribution in [1.82, 2.24) is 4.98 Å². The average Bonchev–Trinajstić information content (AvgIpc) is 2.79. The summed E-state index contributed by atoms with van der Waals surface area (Å²) in [5.74, 6) is 1.19. The van der Waals surface area contributed by atoms with E-state index in [0.717, 1.165) is 27.1 Å². The summed E-state index contributed by atoms with van der Waals surface area (Å²) in [6.07, 6.45) is 0. The molecule has 0 bridgehead atoms. The van der Waals surface area contributed by atoms with Gasteiger partial charge in [0, 0.05) is 18.1 Å². The number of rotatable bonds is 4. The number of fused-ring (bicyclic) bond motifs is 1. The lowest BCUT2D eigenvalue weighted by molar-refractivity contribution is -0.114. The number of amides is 1. The quantitative estimate of drug-likeness (QED) is 0.831. The summed E-state index contributed by atoms with van der Waals surface area (Å²) in [6.45, 7) is 9.89. The fourth-order valence-corrected chi connectivity index (χ4v) is 3.92. The number of thiazole rings is 1. The number of nitrogens with zero attached hydrogens (tertiary/aromatic N) is 1. The van der Waals surface area contributed by atoms with E-state index in [0.29, 0.717) is 10.8 Å². The summed E-state index contributed by atoms with van der Waals surface area (Å²) in [7, 11) is 1.67. The normalized spacial score (nSPS) is 11.5. The highest BCUT2D eigenvalue weighted by molar-refractivity contribution is 7.22. The van der Waals surface area contributed by atoms with Gasteiger partial charge in [0.15, 0.2) is 5.13 Å². The lowest BCUT2D eigenvalue weighted by Gasteiger charge is -2.21. The van der Waals surface area contributed by atoms with Gasteiger partial charge in [-0.2, -0.15) is 0 Å². The van der Waals surface area contributed by atoms with Crippen LogP contribution in [0.15, 0.2) is 0 Å². The van der Waals surface area contributed by atoms with Crippen LogP contribution in [0, 0.1) is 0 Å². The summed E-state index contributed by atoms with van der Waals surface area (Å²) < 4.78 is 6.67. The molecular formula is C16H23N3O2S. The van der Waals surface area contributed by atoms with Crippen LogP contribution in [0.2, 0.25) is 0 Å². The molecule has 0 fully saturated rings. The summed E-state index contributed by atoms with van der Waals surface area (Å²) in [6, 6.07) is 0. The first-order valence-corrected chi connectivity index (χ1v) is 8.16. The van der Waals surface area contributed by atoms with Crippen LogP contribution in [0.25, 0.3) is 10.2 Å². The Morgan fingerprint density at radius 1 is 1.23 bits per heavy atom. The van der Waals surface area contributed by atoms with Gasteiger partial charge >= 0.3 is 0 Å². The van der Waals surface area contributed by atoms with Crippen molar-refractivity contribution >= 4 is 38.3 Å². The molecular weight excluding hydrogens is 298 g/mol. The van der Waals surface area contributed by atoms with Gasteiger partial charge in [-0.05, 0) is 11.8 Å². The molecule has 2 rings (SSSR count). The fraction of sp³-hybridized carbons (Fsp3) is 0.500. The van der Waals surface area contributed by atoms with E-state index >= 15 is 0 Å². The van der Waals surface area contributed by atoms with Crippen molar-refractivity contribution in [3.8, 4) is 5.75 Å². The molecule has 0 unspecified atom stereocenters. The molecule has 2 aromatic rings. The van der Waals surface area contributed by atoms with Gasteiger partial charge in [0.1, 0.15) is 11.3 Å². The van der Waals surface area contributed by atoms with Crippen LogP contribution in [0.3, 0.4) is 0 Å². The number of carbonyl (C=O) groups is 1. The fourth-order valence-electron chi connectivity index (χ4n) is 2.70. The molecule has 0 atom stereocenters. The van der Waals surface area contributed by atoms with Crippen molar-refractivity contribution in [2.45, 2.75) is 46.5 Å². The molecule has 0 aliphatic heterocycles. The minimum absolute atomic E-state index is 0.139. The third-order valence-electron chi connectivity index (χ3n) is 3.55. The number of hydrogen-bond donors (Lipinski definition) is 2. The van der Waals surface area contributed by atoms with E-state index in [2.05, 4.69) is 38.0 Å². The molecule has 1 amide bonds. The van der Waals surface area contributed by atoms with Crippen LogP contribution in [0.4, 0.5) is 10.8 Å². The molecule has 0 saturated carbocycles. The molecule has 0 saturated heterocycles. The second-order valence-corrected chi connectivity index (χ2v) is 6.96. The van der Waals surface area contributed by atoms with Gasteiger partial charge in [0.25, 0.3) is 0 Å². The van der Waals surface area contributed by atoms with Gasteiger partial charge in [0.05, 0.1) is 17.5 Å². The Labute approximate surface area is 134 Å². The maximum Gasteiger partial charge on any atom is 0.223 e. The Bertz CT molecular complexity index is 720. The van der Waals surface area contributed by atoms with Crippen molar-refractivity contribution in [1.29, 1.82) is 0 Å². The zero-order valence-corrected chi connectivity index (χ0v) is 14.7. The summed E-state index contributed by atoms with van der Waals surface area (Å²) >= 11 is 1.44. The first kappa shape index (κ1) is 16.5. The van der Waals surface area contributed by atoms with Crippen molar-refractivity contribution in [3.05, 3.63) is 11.1 Å². The predicted molar refractivity (Wildman–Crippen MR) is 93.1 cm³/mol. The highest BCUT2D eigenvalue weighted by atomic mass is 32.1. The van der Waals surface area contributed by atoms with E-state index in [4.69, 9.17) is 10.5 Å². The van der Waals surface area contributed by atoms with Gasteiger partial charge in [-0.3, -0.25) is 4.79 Å². The molecule has 0 radical (unpaired) electrons. The second kappa shape index (κ2) is 6.12. The molecule has 120 valence electrons. The van der Waals surface area contributed by atoms with E-state index < -0.39 is 0 Å². The van der Waals surface area contributed by atoms with E-state index in [9.17, 15) is 4.79 Å². The monoisotopic (exact) mass is 321 g/mol. The van der Waals surface area contributed by atoms with Crippen LogP contribution < -0.4 is 15.8 Å². The van der Waals surface area contributed by atoms with Crippen molar-refractivity contribution in [2.24, 2.45) is 0 Å². The Morgan fingerprint density at radius 2 is 1.82 bits per heavy atom. The number of nitrogen functional groups attached to an aromatic ring is 1. The van der Waals surface area contributed by atoms with Crippen LogP contribution in [-0.4, -0.2) is 18.0 Å². The van der Waals surface area contributed by atoms with Crippen molar-refractivity contribution in [3.63, 3.8) is 0 Å². The van der Waals surface area contributed by atoms with Gasteiger partial charge in [-0.1, -0.05) is 39.0 Å². The SMILES string of the molecule is COc1c(C(C)C)c(N)c2nc(NC(C)=O)sc2c1C(C)C. The smallest absolute Gasteiger partial charge is 0.223 e. The standard InChI is InChI=1S/C16H23N3O2S/c1-7(2)10-12(17)13-15(11(8(3)4)14(10)21-6)22-16(19-13)18-9(5)20/h7-8H,17H2,1-6H3,(H,18,19,20). The third kappa shape index (κ3) is 2.75. The maximum absolute atomic E-state index is 11.3. The largest absolute Gasteiger partial charge is 0.496 e. The number of anilines is 2. The molecule has 1 aromatic carbocycles. The topological polar surface area (TPSA) is 77.2 Å². The van der Waals surface area contributed by atoms with Crippen LogP contribution in [0.5, 0.6) is 5.75 Å². The Kier molecular flexibility index (Phi) is 4.60. The van der Waals surface area contributed by atoms with Crippen LogP contribution in [-0.2, 0) is 4.79 Å². The van der Waals surface area contributed by atoms with Crippen LogP contribution >= 0.6 is 11.3 Å². The third-order valence-corrected chi connectivity index (χ3v) is 4.55. The minimum atomic E-state index is -0.139. The highest BCUT2D eigenvalue weighted by Crippen LogP contribution is 2.47. The molecule has 0 spiro atoms. The van der Waals surface area contributed by atoms with Crippen molar-refractivity contribution in [2.75, 3.05) is 18.2 Å². The summed E-state index contributed by atoms with van der Waals surface area (Å²) in [5.41, 5.74) is 9.84. The zero-order chi connectivity index (χ0) is 16.6. The maximum atomic E-state index is 11.3. The Morgan fingerprint density at radius 3 is 2.27 bits per heavy atom. The minimum Gasteiger partial charge on any atom is -0.496 e. The first-order valence-electron chi connectivity index (χ1n) is 7.35. The number of ether oxygens (including phenoxy) is 1. The lowest BCUT2D eigenvalue weighted by atomic mass is 9.91. The Balaban J connectivity index is 2.87. The van der Waals surface area contributed by atoms with Crippen molar-refractivity contribution < 1.29 is 9.53 Å². The lowest BCUT2D eigenvalue weighted by Crippen LogP contribution is -2.06. The van der Waals surface area contributed by atoms with Gasteiger partial charge in [0.2, 0.25) is 5.91 Å². The number of nitrogens with one attached hydrogen (secondary N) is 1. The first-order chi connectivity index (χ1) is 10.3. The van der Waals surface area contributed by atoms with E-state index in [1.807, 2.05) is 0 Å². The molecule has 1 aromatic heterocycles. The molecule has 5 nitrogen and oxygen atoms in total. The molecule has 22 heavy (non-hydrogen) atoms.